The number of rotatable bonds is 7. The highest BCUT2D eigenvalue weighted by Crippen LogP contribution is 2.29. The van der Waals surface area contributed by atoms with Crippen molar-refractivity contribution in [2.75, 3.05) is 13.2 Å². The van der Waals surface area contributed by atoms with Gasteiger partial charge in [-0.3, -0.25) is 10.1 Å². The highest BCUT2D eigenvalue weighted by Gasteiger charge is 2.39. The molecule has 1 N–H and O–H groups in total. The number of thiophene rings is 1. The molecular formula is C15H24N2O2S. The van der Waals surface area contributed by atoms with Crippen LogP contribution in [-0.4, -0.2) is 36.1 Å². The molecule has 5 heteroatoms. The van der Waals surface area contributed by atoms with E-state index in [2.05, 4.69) is 23.7 Å². The summed E-state index contributed by atoms with van der Waals surface area (Å²) in [5.74, 6) is 0.206. The summed E-state index contributed by atoms with van der Waals surface area (Å²) in [6.45, 7) is 7.37. The van der Waals surface area contributed by atoms with Gasteiger partial charge < -0.3 is 9.64 Å². The van der Waals surface area contributed by atoms with Crippen molar-refractivity contribution in [2.45, 2.75) is 51.9 Å². The number of hydrogen-bond donors (Lipinski definition) is 1. The number of ether oxygens (including phenoxy) is 1. The monoisotopic (exact) mass is 296 g/mol. The molecule has 0 saturated carbocycles. The smallest absolute Gasteiger partial charge is 0.241 e. The maximum atomic E-state index is 12.5. The molecule has 2 rings (SSSR count). The second-order valence-corrected chi connectivity index (χ2v) is 6.36. The predicted molar refractivity (Wildman–Crippen MR) is 81.7 cm³/mol. The Kier molecular flexibility index (Phi) is 5.57. The van der Waals surface area contributed by atoms with Crippen LogP contribution in [0.25, 0.3) is 0 Å². The SMILES string of the molecule is CCCC1NC(c2cccs2)N(CCOC(C)C)C1=O. The lowest BCUT2D eigenvalue weighted by Gasteiger charge is -2.23. The standard InChI is InChI=1S/C15H24N2O2S/c1-4-6-12-15(18)17(8-9-19-11(2)3)14(16-12)13-7-5-10-20-13/h5,7,10-12,14,16H,4,6,8-9H2,1-3H3. The summed E-state index contributed by atoms with van der Waals surface area (Å²) >= 11 is 1.69. The van der Waals surface area contributed by atoms with Gasteiger partial charge in [0.05, 0.1) is 18.8 Å². The van der Waals surface area contributed by atoms with E-state index in [9.17, 15) is 4.79 Å². The molecule has 4 nitrogen and oxygen atoms in total. The summed E-state index contributed by atoms with van der Waals surface area (Å²) < 4.78 is 5.59. The molecule has 2 heterocycles. The molecule has 0 aliphatic carbocycles. The lowest BCUT2D eigenvalue weighted by molar-refractivity contribution is -0.131. The highest BCUT2D eigenvalue weighted by atomic mass is 32.1. The number of carbonyl (C=O) groups is 1. The topological polar surface area (TPSA) is 41.6 Å². The number of amides is 1. The molecule has 1 fully saturated rings. The summed E-state index contributed by atoms with van der Waals surface area (Å²) in [5.41, 5.74) is 0. The lowest BCUT2D eigenvalue weighted by atomic mass is 10.2. The highest BCUT2D eigenvalue weighted by molar-refractivity contribution is 7.10. The summed E-state index contributed by atoms with van der Waals surface area (Å²) in [7, 11) is 0. The van der Waals surface area contributed by atoms with Crippen LogP contribution in [0.5, 0.6) is 0 Å². The fraction of sp³-hybridized carbons (Fsp3) is 0.667. The Balaban J connectivity index is 2.05. The zero-order valence-electron chi connectivity index (χ0n) is 12.5. The van der Waals surface area contributed by atoms with Gasteiger partial charge in [0.15, 0.2) is 0 Å². The number of carbonyl (C=O) groups excluding carboxylic acids is 1. The number of nitrogens with one attached hydrogen (secondary N) is 1. The van der Waals surface area contributed by atoms with Crippen molar-refractivity contribution in [2.24, 2.45) is 0 Å². The van der Waals surface area contributed by atoms with Crippen molar-refractivity contribution in [3.8, 4) is 0 Å². The number of hydrogen-bond acceptors (Lipinski definition) is 4. The van der Waals surface area contributed by atoms with Crippen LogP contribution >= 0.6 is 11.3 Å². The van der Waals surface area contributed by atoms with Crippen LogP contribution in [0.4, 0.5) is 0 Å². The van der Waals surface area contributed by atoms with E-state index in [1.165, 1.54) is 4.88 Å². The van der Waals surface area contributed by atoms with Gasteiger partial charge in [0.2, 0.25) is 5.91 Å². The Labute approximate surface area is 125 Å². The van der Waals surface area contributed by atoms with Crippen molar-refractivity contribution in [1.82, 2.24) is 10.2 Å². The first-order valence-electron chi connectivity index (χ1n) is 7.35. The minimum absolute atomic E-state index is 0.00909. The average Bonchev–Trinajstić information content (AvgIpc) is 3.01. The normalized spacial score (nSPS) is 23.0. The molecule has 1 aromatic rings. The van der Waals surface area contributed by atoms with Gasteiger partial charge in [0, 0.05) is 11.4 Å². The van der Waals surface area contributed by atoms with E-state index in [-0.39, 0.29) is 24.2 Å². The molecule has 0 aromatic carbocycles. The van der Waals surface area contributed by atoms with E-state index in [4.69, 9.17) is 4.74 Å². The average molecular weight is 296 g/mol. The first kappa shape index (κ1) is 15.5. The predicted octanol–water partition coefficient (Wildman–Crippen LogP) is 2.77. The molecule has 2 atom stereocenters. The summed E-state index contributed by atoms with van der Waals surface area (Å²) in [5, 5.41) is 5.52. The van der Waals surface area contributed by atoms with Gasteiger partial charge in [-0.2, -0.15) is 0 Å². The third-order valence-electron chi connectivity index (χ3n) is 3.43. The van der Waals surface area contributed by atoms with E-state index in [0.717, 1.165) is 12.8 Å². The molecule has 0 radical (unpaired) electrons. The maximum Gasteiger partial charge on any atom is 0.241 e. The molecular weight excluding hydrogens is 272 g/mol. The Morgan fingerprint density at radius 1 is 1.50 bits per heavy atom. The molecule has 2 unspecified atom stereocenters. The first-order chi connectivity index (χ1) is 9.63. The van der Waals surface area contributed by atoms with E-state index < -0.39 is 0 Å². The zero-order valence-corrected chi connectivity index (χ0v) is 13.3. The zero-order chi connectivity index (χ0) is 14.5. The summed E-state index contributed by atoms with van der Waals surface area (Å²) in [4.78, 5) is 15.6. The number of nitrogens with zero attached hydrogens (tertiary/aromatic N) is 1. The van der Waals surface area contributed by atoms with Crippen LogP contribution in [0, 0.1) is 0 Å². The Bertz CT molecular complexity index is 420. The Morgan fingerprint density at radius 2 is 2.30 bits per heavy atom. The van der Waals surface area contributed by atoms with Gasteiger partial charge in [-0.15, -0.1) is 11.3 Å². The molecule has 1 aliphatic heterocycles. The van der Waals surface area contributed by atoms with E-state index in [1.807, 2.05) is 24.8 Å². The van der Waals surface area contributed by atoms with Crippen molar-refractivity contribution >= 4 is 17.2 Å². The third-order valence-corrected chi connectivity index (χ3v) is 4.35. The van der Waals surface area contributed by atoms with Crippen molar-refractivity contribution in [3.63, 3.8) is 0 Å². The molecule has 1 saturated heterocycles. The van der Waals surface area contributed by atoms with Gasteiger partial charge in [0.25, 0.3) is 0 Å². The fourth-order valence-electron chi connectivity index (χ4n) is 2.48. The maximum absolute atomic E-state index is 12.5. The van der Waals surface area contributed by atoms with Gasteiger partial charge in [-0.25, -0.2) is 0 Å². The Hall–Kier alpha value is -0.910. The summed E-state index contributed by atoms with van der Waals surface area (Å²) in [6, 6.07) is 4.06. The fourth-order valence-corrected chi connectivity index (χ4v) is 3.28. The molecule has 1 amide bonds. The van der Waals surface area contributed by atoms with Gasteiger partial charge >= 0.3 is 0 Å². The minimum atomic E-state index is -0.0499. The van der Waals surface area contributed by atoms with E-state index in [1.54, 1.807) is 11.3 Å². The largest absolute Gasteiger partial charge is 0.377 e. The third kappa shape index (κ3) is 3.59. The van der Waals surface area contributed by atoms with Crippen molar-refractivity contribution in [1.29, 1.82) is 0 Å². The van der Waals surface area contributed by atoms with Gasteiger partial charge in [-0.1, -0.05) is 19.4 Å². The molecule has 0 bridgehead atoms. The van der Waals surface area contributed by atoms with Crippen LogP contribution in [0.1, 0.15) is 44.7 Å². The van der Waals surface area contributed by atoms with E-state index in [0.29, 0.717) is 13.2 Å². The van der Waals surface area contributed by atoms with E-state index >= 15 is 0 Å². The second-order valence-electron chi connectivity index (χ2n) is 5.38. The molecule has 112 valence electrons. The molecule has 1 aliphatic rings. The molecule has 20 heavy (non-hydrogen) atoms. The molecule has 0 spiro atoms. The van der Waals surface area contributed by atoms with Gasteiger partial charge in [-0.05, 0) is 31.7 Å². The van der Waals surface area contributed by atoms with Crippen LogP contribution in [0.2, 0.25) is 0 Å². The van der Waals surface area contributed by atoms with Crippen LogP contribution in [0.3, 0.4) is 0 Å². The lowest BCUT2D eigenvalue weighted by Crippen LogP contribution is -2.34. The van der Waals surface area contributed by atoms with Crippen LogP contribution < -0.4 is 5.32 Å². The van der Waals surface area contributed by atoms with Crippen molar-refractivity contribution < 1.29 is 9.53 Å². The van der Waals surface area contributed by atoms with Crippen LogP contribution in [-0.2, 0) is 9.53 Å². The minimum Gasteiger partial charge on any atom is -0.377 e. The Morgan fingerprint density at radius 3 is 2.90 bits per heavy atom. The first-order valence-corrected chi connectivity index (χ1v) is 8.23. The summed E-state index contributed by atoms with van der Waals surface area (Å²) in [6.07, 6.45) is 2.11. The molecule has 1 aromatic heterocycles. The second kappa shape index (κ2) is 7.20. The van der Waals surface area contributed by atoms with Crippen molar-refractivity contribution in [3.05, 3.63) is 22.4 Å². The van der Waals surface area contributed by atoms with Gasteiger partial charge in [0.1, 0.15) is 6.17 Å². The quantitative estimate of drug-likeness (QED) is 0.841. The van der Waals surface area contributed by atoms with Crippen LogP contribution in [0.15, 0.2) is 17.5 Å².